The summed E-state index contributed by atoms with van der Waals surface area (Å²) in [5.41, 5.74) is 0.0399. The lowest BCUT2D eigenvalue weighted by molar-refractivity contribution is -0.212. The lowest BCUT2D eigenvalue weighted by Crippen LogP contribution is -2.34. The van der Waals surface area contributed by atoms with E-state index in [0.717, 1.165) is 6.26 Å². The van der Waals surface area contributed by atoms with E-state index in [1.807, 2.05) is 22.6 Å². The molecule has 1 aromatic rings. The van der Waals surface area contributed by atoms with Crippen LogP contribution < -0.4 is 10.0 Å². The number of amides is 1. The van der Waals surface area contributed by atoms with Crippen LogP contribution in [0.3, 0.4) is 0 Å². The second-order valence-electron chi connectivity index (χ2n) is 5.84. The average molecular weight is 453 g/mol. The van der Waals surface area contributed by atoms with E-state index in [-0.39, 0.29) is 5.56 Å². The number of carbonyl (C=O) groups excluding carboxylic acids is 1. The highest BCUT2D eigenvalue weighted by Crippen LogP contribution is 2.24. The fourth-order valence-corrected chi connectivity index (χ4v) is 2.83. The van der Waals surface area contributed by atoms with E-state index in [2.05, 4.69) is 4.40 Å². The number of ether oxygens (including phenoxy) is 1. The minimum atomic E-state index is -3.76. The molecule has 0 saturated heterocycles. The van der Waals surface area contributed by atoms with Crippen molar-refractivity contribution in [3.05, 3.63) is 27.3 Å². The molecule has 0 heterocycles. The normalized spacial score (nSPS) is 12.9. The number of sulfonamides is 1. The van der Waals surface area contributed by atoms with Crippen LogP contribution >= 0.6 is 22.6 Å². The molecule has 0 aromatic heterocycles. The molecule has 0 fully saturated rings. The van der Waals surface area contributed by atoms with Crippen molar-refractivity contribution in [3.63, 3.8) is 0 Å². The van der Waals surface area contributed by atoms with Gasteiger partial charge in [-0.2, -0.15) is 4.40 Å². The zero-order chi connectivity index (χ0) is 18.0. The molecule has 0 atom stereocenters. The lowest BCUT2D eigenvalue weighted by Gasteiger charge is -2.25. The minimum absolute atomic E-state index is 0.126. The molecule has 0 unspecified atom stereocenters. The number of hydrogen-bond acceptors (Lipinski definition) is 5. The largest absolute Gasteiger partial charge is 0.858 e. The Bertz CT molecular complexity index is 738. The molecule has 0 bridgehead atoms. The summed E-state index contributed by atoms with van der Waals surface area (Å²) in [6.45, 7) is 5.29. The van der Waals surface area contributed by atoms with Crippen LogP contribution in [0.15, 0.2) is 22.6 Å². The van der Waals surface area contributed by atoms with E-state index in [0.29, 0.717) is 9.26 Å². The molecule has 0 aliphatic carbocycles. The van der Waals surface area contributed by atoms with Gasteiger partial charge in [0.1, 0.15) is 5.60 Å². The lowest BCUT2D eigenvalue weighted by atomic mass is 10.2. The number of halogens is 1. The third kappa shape index (κ3) is 6.34. The van der Waals surface area contributed by atoms with Crippen molar-refractivity contribution in [2.45, 2.75) is 26.4 Å². The summed E-state index contributed by atoms with van der Waals surface area (Å²) in [5.74, 6) is -0.850. The molecular formula is C14H18IN2O5S-. The van der Waals surface area contributed by atoms with Crippen LogP contribution in [0, 0.1) is 3.57 Å². The molecule has 0 radical (unpaired) electrons. The number of anilines is 1. The molecular weight excluding hydrogens is 435 g/mol. The van der Waals surface area contributed by atoms with Crippen LogP contribution in [0.5, 0.6) is 0 Å². The molecule has 128 valence electrons. The fourth-order valence-electron chi connectivity index (χ4n) is 1.54. The molecule has 7 nitrogen and oxygen atoms in total. The van der Waals surface area contributed by atoms with E-state index >= 15 is 0 Å². The van der Waals surface area contributed by atoms with Gasteiger partial charge in [0, 0.05) is 16.5 Å². The Labute approximate surface area is 149 Å². The van der Waals surface area contributed by atoms with Crippen molar-refractivity contribution in [1.29, 1.82) is 0 Å². The van der Waals surface area contributed by atoms with Crippen molar-refractivity contribution < 1.29 is 23.1 Å². The zero-order valence-electron chi connectivity index (χ0n) is 13.5. The van der Waals surface area contributed by atoms with E-state index in [4.69, 9.17) is 4.74 Å². The van der Waals surface area contributed by atoms with Crippen LogP contribution in [0.25, 0.3) is 0 Å². The van der Waals surface area contributed by atoms with Gasteiger partial charge in [-0.25, -0.2) is 13.2 Å². The van der Waals surface area contributed by atoms with E-state index in [1.165, 1.54) is 23.1 Å². The van der Waals surface area contributed by atoms with Crippen LogP contribution in [0.4, 0.5) is 10.5 Å². The van der Waals surface area contributed by atoms with Gasteiger partial charge in [0.25, 0.3) is 0 Å². The SMILES string of the molecule is CN(C(=O)OC(C)(C)C)c1ccc(/C([O-])=N/S(C)(=O)=O)cc1I. The summed E-state index contributed by atoms with van der Waals surface area (Å²) in [5, 5.41) is 11.8. The topological polar surface area (TPSA) is 99.1 Å². The number of benzene rings is 1. The Hall–Kier alpha value is -1.36. The van der Waals surface area contributed by atoms with Crippen molar-refractivity contribution >= 4 is 50.3 Å². The number of carbonyl (C=O) groups is 1. The van der Waals surface area contributed by atoms with Gasteiger partial charge in [0.15, 0.2) is 0 Å². The Kier molecular flexibility index (Phi) is 6.02. The minimum Gasteiger partial charge on any atom is -0.858 e. The zero-order valence-corrected chi connectivity index (χ0v) is 16.4. The van der Waals surface area contributed by atoms with E-state index in [9.17, 15) is 18.3 Å². The maximum absolute atomic E-state index is 12.1. The van der Waals surface area contributed by atoms with Crippen molar-refractivity contribution in [2.24, 2.45) is 4.40 Å². The Morgan fingerprint density at radius 3 is 2.35 bits per heavy atom. The van der Waals surface area contributed by atoms with Crippen LogP contribution in [0.2, 0.25) is 0 Å². The molecule has 0 aliphatic rings. The van der Waals surface area contributed by atoms with Gasteiger partial charge in [-0.3, -0.25) is 4.90 Å². The summed E-state index contributed by atoms with van der Waals surface area (Å²) in [6.07, 6.45) is 0.316. The highest BCUT2D eigenvalue weighted by molar-refractivity contribution is 14.1. The third-order valence-electron chi connectivity index (χ3n) is 2.47. The molecule has 0 saturated carbocycles. The maximum atomic E-state index is 12.1. The summed E-state index contributed by atoms with van der Waals surface area (Å²) in [7, 11) is -2.21. The van der Waals surface area contributed by atoms with Gasteiger partial charge in [-0.1, -0.05) is 6.07 Å². The van der Waals surface area contributed by atoms with Crippen LogP contribution in [-0.4, -0.2) is 39.3 Å². The first kappa shape index (κ1) is 19.7. The second-order valence-corrected chi connectivity index (χ2v) is 8.65. The first-order valence-electron chi connectivity index (χ1n) is 6.54. The molecule has 1 rings (SSSR count). The number of nitrogens with zero attached hydrogens (tertiary/aromatic N) is 2. The van der Waals surface area contributed by atoms with Crippen LogP contribution in [0.1, 0.15) is 26.3 Å². The Balaban J connectivity index is 3.10. The number of rotatable bonds is 3. The predicted octanol–water partition coefficient (Wildman–Crippen LogP) is 1.73. The maximum Gasteiger partial charge on any atom is 0.414 e. The summed E-state index contributed by atoms with van der Waals surface area (Å²) >= 11 is 1.95. The monoisotopic (exact) mass is 453 g/mol. The van der Waals surface area contributed by atoms with Gasteiger partial charge >= 0.3 is 6.09 Å². The highest BCUT2D eigenvalue weighted by Gasteiger charge is 2.21. The predicted molar refractivity (Wildman–Crippen MR) is 95.2 cm³/mol. The summed E-state index contributed by atoms with van der Waals surface area (Å²) < 4.78 is 31.0. The second kappa shape index (κ2) is 7.04. The van der Waals surface area contributed by atoms with Gasteiger partial charge in [0.2, 0.25) is 10.0 Å². The first-order chi connectivity index (χ1) is 10.3. The molecule has 9 heteroatoms. The van der Waals surface area contributed by atoms with E-state index < -0.39 is 27.6 Å². The first-order valence-corrected chi connectivity index (χ1v) is 9.46. The van der Waals surface area contributed by atoms with Gasteiger partial charge in [-0.15, -0.1) is 0 Å². The number of hydrogen-bond donors (Lipinski definition) is 0. The van der Waals surface area contributed by atoms with Crippen LogP contribution in [-0.2, 0) is 14.8 Å². The quantitative estimate of drug-likeness (QED) is 0.395. The fraction of sp³-hybridized carbons (Fsp3) is 0.429. The standard InChI is InChI=1S/C14H19IN2O5S/c1-14(2,3)22-13(19)17(4)11-7-6-9(8-10(11)15)12(18)16-23(5,20)21/h6-8H,1-5H3,(H,16,18)/p-1. The van der Waals surface area contributed by atoms with E-state index in [1.54, 1.807) is 27.8 Å². The molecule has 0 N–H and O–H groups in total. The molecule has 0 spiro atoms. The van der Waals surface area contributed by atoms with Crippen molar-refractivity contribution in [2.75, 3.05) is 18.2 Å². The highest BCUT2D eigenvalue weighted by atomic mass is 127. The summed E-state index contributed by atoms with van der Waals surface area (Å²) in [4.78, 5) is 13.4. The average Bonchev–Trinajstić information content (AvgIpc) is 2.33. The molecule has 23 heavy (non-hydrogen) atoms. The smallest absolute Gasteiger partial charge is 0.414 e. The van der Waals surface area contributed by atoms with Gasteiger partial charge < -0.3 is 9.84 Å². The summed E-state index contributed by atoms with van der Waals surface area (Å²) in [6, 6.07) is 4.42. The van der Waals surface area contributed by atoms with Gasteiger partial charge in [0.05, 0.1) is 11.9 Å². The van der Waals surface area contributed by atoms with Gasteiger partial charge in [-0.05, 0) is 61.1 Å². The van der Waals surface area contributed by atoms with Crippen molar-refractivity contribution in [1.82, 2.24) is 0 Å². The third-order valence-corrected chi connectivity index (χ3v) is 3.83. The Morgan fingerprint density at radius 1 is 1.35 bits per heavy atom. The molecule has 1 amide bonds. The Morgan fingerprint density at radius 2 is 1.91 bits per heavy atom. The van der Waals surface area contributed by atoms with Crippen molar-refractivity contribution in [3.8, 4) is 0 Å². The molecule has 0 aliphatic heterocycles. The molecule has 1 aromatic carbocycles.